The van der Waals surface area contributed by atoms with Gasteiger partial charge in [0, 0.05) is 13.1 Å². The molecule has 0 bridgehead atoms. The Morgan fingerprint density at radius 3 is 2.50 bits per heavy atom. The van der Waals surface area contributed by atoms with Crippen LogP contribution in [0.1, 0.15) is 24.5 Å². The van der Waals surface area contributed by atoms with E-state index in [1.54, 1.807) is 6.07 Å². The average molecular weight is 463 g/mol. The molecule has 2 aromatic carbocycles. The zero-order valence-corrected chi connectivity index (χ0v) is 19.5. The molecule has 0 radical (unpaired) electrons. The van der Waals surface area contributed by atoms with E-state index in [9.17, 15) is 13.2 Å². The van der Waals surface area contributed by atoms with Gasteiger partial charge in [-0.25, -0.2) is 8.42 Å². The maximum absolute atomic E-state index is 13.0. The van der Waals surface area contributed by atoms with Crippen molar-refractivity contribution in [3.63, 3.8) is 0 Å². The van der Waals surface area contributed by atoms with Gasteiger partial charge in [-0.3, -0.25) is 4.79 Å². The van der Waals surface area contributed by atoms with Crippen LogP contribution in [0, 0.1) is 13.8 Å². The number of amides is 1. The van der Waals surface area contributed by atoms with Crippen molar-refractivity contribution in [2.45, 2.75) is 32.1 Å². The first-order chi connectivity index (χ1) is 15.3. The van der Waals surface area contributed by atoms with E-state index in [2.05, 4.69) is 5.32 Å². The standard InChI is InChI=1S/C23H30N2O6S/c1-4-30-22-8-7-20(32(27,28)25-10-13-29-14-11-25)16-21(22)24-23(26)9-12-31-19-6-5-17(2)18(3)15-19/h5-8,15-16H,4,9-14H2,1-3H3,(H,24,26). The van der Waals surface area contributed by atoms with E-state index in [-0.39, 0.29) is 23.8 Å². The molecule has 0 atom stereocenters. The summed E-state index contributed by atoms with van der Waals surface area (Å²) in [4.78, 5) is 12.6. The molecule has 1 N–H and O–H groups in total. The van der Waals surface area contributed by atoms with Crippen molar-refractivity contribution in [3.05, 3.63) is 47.5 Å². The monoisotopic (exact) mass is 462 g/mol. The van der Waals surface area contributed by atoms with Crippen molar-refractivity contribution >= 4 is 21.6 Å². The van der Waals surface area contributed by atoms with E-state index in [1.807, 2.05) is 39.0 Å². The fraction of sp³-hybridized carbons (Fsp3) is 0.435. The van der Waals surface area contributed by atoms with Crippen LogP contribution >= 0.6 is 0 Å². The minimum absolute atomic E-state index is 0.101. The topological polar surface area (TPSA) is 94.2 Å². The number of benzene rings is 2. The first-order valence-corrected chi connectivity index (χ1v) is 12.1. The molecule has 32 heavy (non-hydrogen) atoms. The molecule has 1 saturated heterocycles. The van der Waals surface area contributed by atoms with Crippen LogP contribution < -0.4 is 14.8 Å². The highest BCUT2D eigenvalue weighted by molar-refractivity contribution is 7.89. The van der Waals surface area contributed by atoms with E-state index in [0.29, 0.717) is 50.1 Å². The molecule has 1 aliphatic heterocycles. The Morgan fingerprint density at radius 2 is 1.81 bits per heavy atom. The lowest BCUT2D eigenvalue weighted by atomic mass is 10.1. The Bertz CT molecular complexity index is 1050. The molecule has 1 fully saturated rings. The van der Waals surface area contributed by atoms with Gasteiger partial charge in [0.25, 0.3) is 0 Å². The average Bonchev–Trinajstić information content (AvgIpc) is 2.78. The number of carbonyl (C=O) groups is 1. The number of morpholine rings is 1. The molecule has 0 spiro atoms. The Labute approximate surface area is 189 Å². The summed E-state index contributed by atoms with van der Waals surface area (Å²) in [6.07, 6.45) is 0.110. The summed E-state index contributed by atoms with van der Waals surface area (Å²) >= 11 is 0. The van der Waals surface area contributed by atoms with Crippen LogP contribution in [0.5, 0.6) is 11.5 Å². The predicted octanol–water partition coefficient (Wildman–Crippen LogP) is 3.13. The van der Waals surface area contributed by atoms with Crippen LogP contribution in [0.3, 0.4) is 0 Å². The highest BCUT2D eigenvalue weighted by Crippen LogP contribution is 2.30. The van der Waals surface area contributed by atoms with Gasteiger partial charge in [-0.1, -0.05) is 6.07 Å². The summed E-state index contributed by atoms with van der Waals surface area (Å²) < 4.78 is 43.8. The van der Waals surface area contributed by atoms with Gasteiger partial charge >= 0.3 is 0 Å². The molecule has 9 heteroatoms. The van der Waals surface area contributed by atoms with E-state index in [1.165, 1.54) is 22.0 Å². The zero-order chi connectivity index (χ0) is 23.1. The predicted molar refractivity (Wildman–Crippen MR) is 122 cm³/mol. The van der Waals surface area contributed by atoms with E-state index >= 15 is 0 Å². The minimum Gasteiger partial charge on any atom is -0.493 e. The molecule has 3 rings (SSSR count). The van der Waals surface area contributed by atoms with Crippen molar-refractivity contribution in [2.24, 2.45) is 0 Å². The number of carbonyl (C=O) groups excluding carboxylic acids is 1. The fourth-order valence-electron chi connectivity index (χ4n) is 3.26. The molecule has 1 heterocycles. The van der Waals surface area contributed by atoms with Gasteiger partial charge in [-0.15, -0.1) is 0 Å². The van der Waals surface area contributed by atoms with Crippen LogP contribution in [0.2, 0.25) is 0 Å². The lowest BCUT2D eigenvalue weighted by Crippen LogP contribution is -2.40. The Morgan fingerprint density at radius 1 is 1.06 bits per heavy atom. The number of hydrogen-bond donors (Lipinski definition) is 1. The molecular weight excluding hydrogens is 432 g/mol. The third-order valence-electron chi connectivity index (χ3n) is 5.21. The smallest absolute Gasteiger partial charge is 0.243 e. The SMILES string of the molecule is CCOc1ccc(S(=O)(=O)N2CCOCC2)cc1NC(=O)CCOc1ccc(C)c(C)c1. The number of nitrogens with zero attached hydrogens (tertiary/aromatic N) is 1. The van der Waals surface area contributed by atoms with Gasteiger partial charge in [0.05, 0.1) is 43.4 Å². The first-order valence-electron chi connectivity index (χ1n) is 10.7. The third-order valence-corrected chi connectivity index (χ3v) is 7.10. The Kier molecular flexibility index (Phi) is 8.11. The summed E-state index contributed by atoms with van der Waals surface area (Å²) in [5.41, 5.74) is 2.61. The van der Waals surface area contributed by atoms with Gasteiger partial charge in [-0.05, 0) is 62.2 Å². The minimum atomic E-state index is -3.69. The molecule has 1 amide bonds. The van der Waals surface area contributed by atoms with Crippen molar-refractivity contribution < 1.29 is 27.4 Å². The van der Waals surface area contributed by atoms with Crippen molar-refractivity contribution in [1.29, 1.82) is 0 Å². The van der Waals surface area contributed by atoms with Crippen LogP contribution in [0.25, 0.3) is 0 Å². The van der Waals surface area contributed by atoms with Crippen molar-refractivity contribution in [1.82, 2.24) is 4.31 Å². The van der Waals surface area contributed by atoms with Gasteiger partial charge in [0.1, 0.15) is 11.5 Å². The molecular formula is C23H30N2O6S. The fourth-order valence-corrected chi connectivity index (χ4v) is 4.70. The summed E-state index contributed by atoms with van der Waals surface area (Å²) in [7, 11) is -3.69. The number of aryl methyl sites for hydroxylation is 2. The molecule has 0 aliphatic carbocycles. The second-order valence-corrected chi connectivity index (χ2v) is 9.44. The van der Waals surface area contributed by atoms with Crippen LogP contribution in [-0.2, 0) is 19.6 Å². The highest BCUT2D eigenvalue weighted by Gasteiger charge is 2.27. The number of ether oxygens (including phenoxy) is 3. The maximum atomic E-state index is 13.0. The second kappa shape index (κ2) is 10.8. The van der Waals surface area contributed by atoms with Crippen LogP contribution in [0.4, 0.5) is 5.69 Å². The normalized spacial score (nSPS) is 14.7. The summed E-state index contributed by atoms with van der Waals surface area (Å²) in [5.74, 6) is 0.821. The van der Waals surface area contributed by atoms with Crippen molar-refractivity contribution in [3.8, 4) is 11.5 Å². The summed E-state index contributed by atoms with van der Waals surface area (Å²) in [5, 5.41) is 2.77. The van der Waals surface area contributed by atoms with E-state index in [4.69, 9.17) is 14.2 Å². The molecule has 2 aromatic rings. The zero-order valence-electron chi connectivity index (χ0n) is 18.7. The van der Waals surface area contributed by atoms with Gasteiger partial charge in [0.15, 0.2) is 0 Å². The Hall–Kier alpha value is -2.62. The quantitative estimate of drug-likeness (QED) is 0.615. The second-order valence-electron chi connectivity index (χ2n) is 7.50. The first kappa shape index (κ1) is 24.0. The van der Waals surface area contributed by atoms with Gasteiger partial charge in [-0.2, -0.15) is 4.31 Å². The van der Waals surface area contributed by atoms with Crippen LogP contribution in [0.15, 0.2) is 41.3 Å². The Balaban J connectivity index is 1.68. The highest BCUT2D eigenvalue weighted by atomic mass is 32.2. The molecule has 0 aromatic heterocycles. The van der Waals surface area contributed by atoms with Gasteiger partial charge < -0.3 is 19.5 Å². The maximum Gasteiger partial charge on any atom is 0.243 e. The molecule has 0 saturated carbocycles. The number of rotatable bonds is 9. The lowest BCUT2D eigenvalue weighted by Gasteiger charge is -2.26. The molecule has 1 aliphatic rings. The summed E-state index contributed by atoms with van der Waals surface area (Å²) in [6.45, 7) is 7.75. The summed E-state index contributed by atoms with van der Waals surface area (Å²) in [6, 6.07) is 10.3. The largest absolute Gasteiger partial charge is 0.493 e. The molecule has 0 unspecified atom stereocenters. The number of nitrogens with one attached hydrogen (secondary N) is 1. The lowest BCUT2D eigenvalue weighted by molar-refractivity contribution is -0.116. The van der Waals surface area contributed by atoms with Crippen molar-refractivity contribution in [2.75, 3.05) is 44.8 Å². The van der Waals surface area contributed by atoms with Crippen LogP contribution in [-0.4, -0.2) is 58.1 Å². The third kappa shape index (κ3) is 5.99. The van der Waals surface area contributed by atoms with E-state index in [0.717, 1.165) is 5.56 Å². The van der Waals surface area contributed by atoms with E-state index < -0.39 is 10.0 Å². The number of anilines is 1. The number of hydrogen-bond acceptors (Lipinski definition) is 6. The molecule has 8 nitrogen and oxygen atoms in total. The van der Waals surface area contributed by atoms with Gasteiger partial charge in [0.2, 0.25) is 15.9 Å². The number of sulfonamides is 1. The molecule has 174 valence electrons.